The minimum absolute atomic E-state index is 0.373. The van der Waals surface area contributed by atoms with Crippen molar-refractivity contribution in [3.63, 3.8) is 0 Å². The summed E-state index contributed by atoms with van der Waals surface area (Å²) in [5.74, 6) is -2.26. The minimum Gasteiger partial charge on any atom is -0.479 e. The zero-order valence-corrected chi connectivity index (χ0v) is 8.76. The molecule has 5 nitrogen and oxygen atoms in total. The Balaban J connectivity index is 3.53. The summed E-state index contributed by atoms with van der Waals surface area (Å²) in [6.07, 6.45) is -3.20. The molecule has 0 radical (unpaired) electrons. The molecule has 9 heteroatoms. The molecule has 0 saturated carbocycles. The second kappa shape index (κ2) is 4.26. The molecule has 0 aromatic carbocycles. The quantitative estimate of drug-likeness (QED) is 0.867. The van der Waals surface area contributed by atoms with Crippen molar-refractivity contribution in [2.75, 3.05) is 7.11 Å². The van der Waals surface area contributed by atoms with E-state index in [9.17, 15) is 21.6 Å². The van der Waals surface area contributed by atoms with Crippen LogP contribution in [-0.4, -0.2) is 20.5 Å². The van der Waals surface area contributed by atoms with Gasteiger partial charge in [-0.2, -0.15) is 4.98 Å². The SMILES string of the molecule is COc1nc(S(N)(=O)=O)cc(C(F)F)c1F. The molecular weight excluding hydrogens is 249 g/mol. The Bertz CT molecular complexity index is 504. The molecule has 0 saturated heterocycles. The van der Waals surface area contributed by atoms with Crippen LogP contribution < -0.4 is 9.88 Å². The number of methoxy groups -OCH3 is 1. The van der Waals surface area contributed by atoms with Gasteiger partial charge in [0, 0.05) is 0 Å². The molecule has 1 aromatic heterocycles. The topological polar surface area (TPSA) is 82.3 Å². The van der Waals surface area contributed by atoms with E-state index in [4.69, 9.17) is 0 Å². The van der Waals surface area contributed by atoms with E-state index in [1.54, 1.807) is 0 Å². The Kier molecular flexibility index (Phi) is 3.38. The number of nitrogens with zero attached hydrogens (tertiary/aromatic N) is 1. The molecule has 0 unspecified atom stereocenters. The minimum atomic E-state index is -4.30. The predicted molar refractivity (Wildman–Crippen MR) is 47.1 cm³/mol. The van der Waals surface area contributed by atoms with Crippen LogP contribution >= 0.6 is 0 Å². The van der Waals surface area contributed by atoms with Crippen molar-refractivity contribution < 1.29 is 26.3 Å². The number of ether oxygens (including phenoxy) is 1. The number of aromatic nitrogens is 1. The van der Waals surface area contributed by atoms with Crippen LogP contribution in [0, 0.1) is 5.82 Å². The van der Waals surface area contributed by atoms with Crippen LogP contribution in [0.15, 0.2) is 11.1 Å². The van der Waals surface area contributed by atoms with Crippen molar-refractivity contribution in [3.8, 4) is 5.88 Å². The van der Waals surface area contributed by atoms with Crippen molar-refractivity contribution in [2.45, 2.75) is 11.5 Å². The second-order valence-electron chi connectivity index (χ2n) is 2.72. The number of rotatable bonds is 3. The summed E-state index contributed by atoms with van der Waals surface area (Å²) in [6, 6.07) is 0.373. The molecule has 0 bridgehead atoms. The Hall–Kier alpha value is -1.35. The van der Waals surface area contributed by atoms with Gasteiger partial charge >= 0.3 is 0 Å². The Morgan fingerprint density at radius 1 is 1.50 bits per heavy atom. The van der Waals surface area contributed by atoms with Crippen LogP contribution in [0.25, 0.3) is 0 Å². The summed E-state index contributed by atoms with van der Waals surface area (Å²) < 4.78 is 64.0. The maximum Gasteiger partial charge on any atom is 0.266 e. The molecular formula is C7H7F3N2O3S. The molecule has 0 spiro atoms. The Labute approximate surface area is 89.1 Å². The maximum atomic E-state index is 13.2. The molecule has 0 fully saturated rings. The van der Waals surface area contributed by atoms with Crippen LogP contribution in [0.3, 0.4) is 0 Å². The van der Waals surface area contributed by atoms with Crippen LogP contribution in [-0.2, 0) is 10.0 Å². The lowest BCUT2D eigenvalue weighted by Crippen LogP contribution is -2.15. The largest absolute Gasteiger partial charge is 0.479 e. The summed E-state index contributed by atoms with van der Waals surface area (Å²) in [7, 11) is -3.33. The fraction of sp³-hybridized carbons (Fsp3) is 0.286. The Morgan fingerprint density at radius 2 is 2.06 bits per heavy atom. The number of halogens is 3. The lowest BCUT2D eigenvalue weighted by Gasteiger charge is -2.08. The van der Waals surface area contributed by atoms with Gasteiger partial charge in [0.1, 0.15) is 0 Å². The summed E-state index contributed by atoms with van der Waals surface area (Å²) >= 11 is 0. The number of nitrogens with two attached hydrogens (primary N) is 1. The Morgan fingerprint density at radius 3 is 2.44 bits per heavy atom. The fourth-order valence-electron chi connectivity index (χ4n) is 0.941. The third kappa shape index (κ3) is 2.42. The van der Waals surface area contributed by atoms with Gasteiger partial charge < -0.3 is 4.74 Å². The van der Waals surface area contributed by atoms with Gasteiger partial charge in [0.2, 0.25) is 0 Å². The van der Waals surface area contributed by atoms with Gasteiger partial charge in [-0.25, -0.2) is 26.7 Å². The van der Waals surface area contributed by atoms with E-state index in [2.05, 4.69) is 14.9 Å². The highest BCUT2D eigenvalue weighted by Gasteiger charge is 2.23. The standard InChI is InChI=1S/C7H7F3N2O3S/c1-15-7-5(8)3(6(9)10)2-4(12-7)16(11,13)14/h2,6H,1H3,(H2,11,13,14). The third-order valence-electron chi connectivity index (χ3n) is 1.65. The van der Waals surface area contributed by atoms with Gasteiger partial charge in [-0.05, 0) is 6.07 Å². The predicted octanol–water partition coefficient (Wildman–Crippen LogP) is 0.814. The monoisotopic (exact) mass is 256 g/mol. The van der Waals surface area contributed by atoms with Crippen molar-refractivity contribution in [1.82, 2.24) is 4.98 Å². The number of hydrogen-bond acceptors (Lipinski definition) is 4. The normalized spacial score (nSPS) is 11.9. The molecule has 0 atom stereocenters. The molecule has 2 N–H and O–H groups in total. The van der Waals surface area contributed by atoms with Gasteiger partial charge in [0.15, 0.2) is 10.8 Å². The lowest BCUT2D eigenvalue weighted by atomic mass is 10.2. The van der Waals surface area contributed by atoms with Crippen LogP contribution in [0.1, 0.15) is 12.0 Å². The molecule has 0 aliphatic carbocycles. The van der Waals surface area contributed by atoms with E-state index < -0.39 is 38.7 Å². The zero-order valence-electron chi connectivity index (χ0n) is 7.95. The number of pyridine rings is 1. The van der Waals surface area contributed by atoms with Crippen LogP contribution in [0.2, 0.25) is 0 Å². The van der Waals surface area contributed by atoms with Gasteiger partial charge in [-0.15, -0.1) is 0 Å². The third-order valence-corrected chi connectivity index (χ3v) is 2.44. The molecule has 0 aliphatic rings. The first-order valence-corrected chi connectivity index (χ1v) is 5.37. The molecule has 0 amide bonds. The van der Waals surface area contributed by atoms with E-state index in [1.807, 2.05) is 0 Å². The molecule has 1 aromatic rings. The maximum absolute atomic E-state index is 13.2. The first-order valence-electron chi connectivity index (χ1n) is 3.82. The number of primary sulfonamides is 1. The van der Waals surface area contributed by atoms with E-state index >= 15 is 0 Å². The van der Waals surface area contributed by atoms with Crippen LogP contribution in [0.5, 0.6) is 5.88 Å². The summed E-state index contributed by atoms with van der Waals surface area (Å²) in [4.78, 5) is 3.16. The lowest BCUT2D eigenvalue weighted by molar-refractivity contribution is 0.144. The van der Waals surface area contributed by atoms with Gasteiger partial charge in [-0.3, -0.25) is 0 Å². The van der Waals surface area contributed by atoms with Crippen molar-refractivity contribution in [2.24, 2.45) is 5.14 Å². The second-order valence-corrected chi connectivity index (χ2v) is 4.23. The van der Waals surface area contributed by atoms with E-state index in [1.165, 1.54) is 0 Å². The highest BCUT2D eigenvalue weighted by Crippen LogP contribution is 2.28. The highest BCUT2D eigenvalue weighted by atomic mass is 32.2. The molecule has 0 aliphatic heterocycles. The molecule has 90 valence electrons. The van der Waals surface area contributed by atoms with E-state index in [0.717, 1.165) is 7.11 Å². The first kappa shape index (κ1) is 12.7. The molecule has 16 heavy (non-hydrogen) atoms. The van der Waals surface area contributed by atoms with Crippen molar-refractivity contribution in [1.29, 1.82) is 0 Å². The smallest absolute Gasteiger partial charge is 0.266 e. The van der Waals surface area contributed by atoms with E-state index in [0.29, 0.717) is 6.07 Å². The van der Waals surface area contributed by atoms with Gasteiger partial charge in [0.05, 0.1) is 12.7 Å². The summed E-state index contributed by atoms with van der Waals surface area (Å²) in [5.41, 5.74) is -1.13. The fourth-order valence-corrected chi connectivity index (χ4v) is 1.44. The number of hydrogen-bond donors (Lipinski definition) is 1. The van der Waals surface area contributed by atoms with Gasteiger partial charge in [0.25, 0.3) is 22.3 Å². The van der Waals surface area contributed by atoms with E-state index in [-0.39, 0.29) is 0 Å². The summed E-state index contributed by atoms with van der Waals surface area (Å²) in [5, 5.41) is 3.81. The molecule has 1 heterocycles. The van der Waals surface area contributed by atoms with Crippen molar-refractivity contribution >= 4 is 10.0 Å². The average Bonchev–Trinajstić information content (AvgIpc) is 2.15. The number of sulfonamides is 1. The van der Waals surface area contributed by atoms with Crippen molar-refractivity contribution in [3.05, 3.63) is 17.4 Å². The summed E-state index contributed by atoms with van der Waals surface area (Å²) in [6.45, 7) is 0. The number of alkyl halides is 2. The molecule has 1 rings (SSSR count). The van der Waals surface area contributed by atoms with Crippen LogP contribution in [0.4, 0.5) is 13.2 Å². The average molecular weight is 256 g/mol. The zero-order chi connectivity index (χ0) is 12.5. The first-order chi connectivity index (χ1) is 7.27. The van der Waals surface area contributed by atoms with Gasteiger partial charge in [-0.1, -0.05) is 0 Å². The highest BCUT2D eigenvalue weighted by molar-refractivity contribution is 7.89.